The number of imidazole rings is 1. The van der Waals surface area contributed by atoms with Gasteiger partial charge in [0.2, 0.25) is 0 Å². The largest absolute Gasteiger partial charge is 0.400 e. The fraction of sp³-hybridized carbons (Fsp3) is 0. The van der Waals surface area contributed by atoms with E-state index in [2.05, 4.69) is 25.5 Å². The van der Waals surface area contributed by atoms with E-state index in [4.69, 9.17) is 4.42 Å². The van der Waals surface area contributed by atoms with Gasteiger partial charge in [-0.3, -0.25) is 0 Å². The molecule has 0 saturated carbocycles. The second-order valence-electron chi connectivity index (χ2n) is 4.89. The van der Waals surface area contributed by atoms with E-state index in [0.717, 1.165) is 5.52 Å². The van der Waals surface area contributed by atoms with Gasteiger partial charge in [-0.25, -0.2) is 18.2 Å². The van der Waals surface area contributed by atoms with Gasteiger partial charge >= 0.3 is 6.01 Å². The minimum Gasteiger partial charge on any atom is -0.400 e. The summed E-state index contributed by atoms with van der Waals surface area (Å²) in [5.41, 5.74) is 1.17. The van der Waals surface area contributed by atoms with Crippen molar-refractivity contribution in [3.8, 4) is 11.7 Å². The van der Waals surface area contributed by atoms with E-state index in [1.54, 1.807) is 0 Å². The van der Waals surface area contributed by atoms with E-state index in [-0.39, 0.29) is 17.6 Å². The Hall–Kier alpha value is -3.36. The molecule has 0 amide bonds. The van der Waals surface area contributed by atoms with Crippen LogP contribution >= 0.6 is 0 Å². The molecule has 0 fully saturated rings. The van der Waals surface area contributed by atoms with Crippen LogP contribution in [-0.2, 0) is 0 Å². The van der Waals surface area contributed by atoms with Crippen LogP contribution in [0.3, 0.4) is 0 Å². The first-order valence-corrected chi connectivity index (χ1v) is 6.80. The zero-order valence-electron chi connectivity index (χ0n) is 11.8. The Morgan fingerprint density at radius 3 is 2.58 bits per heavy atom. The number of hydrogen-bond donors (Lipinski definition) is 2. The van der Waals surface area contributed by atoms with Crippen molar-refractivity contribution in [2.75, 3.05) is 5.32 Å². The average Bonchev–Trinajstić information content (AvgIpc) is 3.18. The third-order valence-electron chi connectivity index (χ3n) is 3.27. The van der Waals surface area contributed by atoms with Gasteiger partial charge in [-0.2, -0.15) is 0 Å². The molecule has 0 aliphatic heterocycles. The lowest BCUT2D eigenvalue weighted by molar-refractivity contribution is 0.496. The van der Waals surface area contributed by atoms with Crippen LogP contribution in [0, 0.1) is 17.5 Å². The average molecular weight is 331 g/mol. The molecule has 2 N–H and O–H groups in total. The minimum atomic E-state index is -1.29. The van der Waals surface area contributed by atoms with Gasteiger partial charge in [-0.1, -0.05) is 17.2 Å². The molecular formula is C15H8F3N5O. The van der Waals surface area contributed by atoms with Crippen LogP contribution < -0.4 is 5.32 Å². The number of rotatable bonds is 3. The molecule has 2 aromatic carbocycles. The lowest BCUT2D eigenvalue weighted by Crippen LogP contribution is -1.97. The van der Waals surface area contributed by atoms with E-state index in [1.807, 2.05) is 24.3 Å². The summed E-state index contributed by atoms with van der Waals surface area (Å²) in [6, 6.07) is 8.22. The molecule has 0 unspecified atom stereocenters. The summed E-state index contributed by atoms with van der Waals surface area (Å²) in [7, 11) is 0. The lowest BCUT2D eigenvalue weighted by atomic mass is 10.3. The summed E-state index contributed by atoms with van der Waals surface area (Å²) in [5, 5.41) is 9.87. The van der Waals surface area contributed by atoms with Gasteiger partial charge in [0, 0.05) is 12.1 Å². The fourth-order valence-corrected chi connectivity index (χ4v) is 2.16. The maximum absolute atomic E-state index is 13.6. The van der Waals surface area contributed by atoms with Crippen LogP contribution in [0.2, 0.25) is 0 Å². The number of fused-ring (bicyclic) bond motifs is 1. The van der Waals surface area contributed by atoms with Crippen molar-refractivity contribution in [1.82, 2.24) is 20.2 Å². The molecule has 2 heterocycles. The normalized spacial score (nSPS) is 11.1. The first-order valence-electron chi connectivity index (χ1n) is 6.80. The van der Waals surface area contributed by atoms with E-state index >= 15 is 0 Å². The molecule has 0 radical (unpaired) electrons. The maximum atomic E-state index is 13.6. The highest BCUT2D eigenvalue weighted by atomic mass is 19.2. The molecule has 0 bridgehead atoms. The Balaban J connectivity index is 1.64. The molecule has 0 aliphatic carbocycles. The Labute approximate surface area is 132 Å². The first kappa shape index (κ1) is 14.2. The summed E-state index contributed by atoms with van der Waals surface area (Å²) in [4.78, 5) is 7.28. The minimum absolute atomic E-state index is 0.0664. The van der Waals surface area contributed by atoms with Crippen LogP contribution in [0.25, 0.3) is 22.7 Å². The van der Waals surface area contributed by atoms with Crippen molar-refractivity contribution in [3.63, 3.8) is 0 Å². The molecule has 6 nitrogen and oxygen atoms in total. The van der Waals surface area contributed by atoms with Gasteiger partial charge < -0.3 is 14.7 Å². The molecule has 0 spiro atoms. The molecule has 24 heavy (non-hydrogen) atoms. The Morgan fingerprint density at radius 2 is 1.75 bits per heavy atom. The molecule has 0 aliphatic rings. The number of halogens is 3. The number of nitrogens with one attached hydrogen (secondary N) is 2. The number of aromatic amines is 1. The molecule has 0 saturated heterocycles. The van der Waals surface area contributed by atoms with Gasteiger partial charge in [-0.15, -0.1) is 5.10 Å². The highest BCUT2D eigenvalue weighted by molar-refractivity contribution is 5.77. The second kappa shape index (κ2) is 5.37. The Morgan fingerprint density at radius 1 is 0.958 bits per heavy atom. The number of anilines is 2. The summed E-state index contributed by atoms with van der Waals surface area (Å²) >= 11 is 0. The number of para-hydroxylation sites is 2. The monoisotopic (exact) mass is 331 g/mol. The van der Waals surface area contributed by atoms with Crippen LogP contribution in [0.1, 0.15) is 0 Å². The lowest BCUT2D eigenvalue weighted by Gasteiger charge is -2.03. The summed E-state index contributed by atoms with van der Waals surface area (Å²) in [5.74, 6) is -3.07. The van der Waals surface area contributed by atoms with Crippen LogP contribution in [0.15, 0.2) is 40.8 Å². The molecule has 9 heteroatoms. The summed E-state index contributed by atoms with van der Waals surface area (Å²) < 4.78 is 45.0. The second-order valence-corrected chi connectivity index (χ2v) is 4.89. The maximum Gasteiger partial charge on any atom is 0.320 e. The van der Waals surface area contributed by atoms with Crippen molar-refractivity contribution in [1.29, 1.82) is 0 Å². The van der Waals surface area contributed by atoms with Gasteiger partial charge in [0.05, 0.1) is 16.7 Å². The molecule has 0 atom stereocenters. The third kappa shape index (κ3) is 2.45. The van der Waals surface area contributed by atoms with Crippen molar-refractivity contribution in [2.24, 2.45) is 0 Å². The molecular weight excluding hydrogens is 323 g/mol. The van der Waals surface area contributed by atoms with Crippen LogP contribution in [0.5, 0.6) is 0 Å². The zero-order chi connectivity index (χ0) is 16.7. The summed E-state index contributed by atoms with van der Waals surface area (Å²) in [6.45, 7) is 0. The predicted octanol–water partition coefficient (Wildman–Crippen LogP) is 3.77. The standard InChI is InChI=1S/C15H8F3N5O/c16-7-5-9(18)12(6-8(7)17)21-15-23-22-14(24-15)13-19-10-3-1-2-4-11(10)20-13/h1-6H,(H,19,20)(H,21,23). The van der Waals surface area contributed by atoms with Gasteiger partial charge in [0.1, 0.15) is 5.82 Å². The van der Waals surface area contributed by atoms with Crippen LogP contribution in [0.4, 0.5) is 24.9 Å². The van der Waals surface area contributed by atoms with Crippen molar-refractivity contribution >= 4 is 22.7 Å². The van der Waals surface area contributed by atoms with Crippen molar-refractivity contribution in [3.05, 3.63) is 53.8 Å². The first-order chi connectivity index (χ1) is 11.6. The Bertz CT molecular complexity index is 1010. The molecule has 120 valence electrons. The topological polar surface area (TPSA) is 79.6 Å². The fourth-order valence-electron chi connectivity index (χ4n) is 2.16. The molecule has 4 aromatic rings. The summed E-state index contributed by atoms with van der Waals surface area (Å²) in [6.07, 6.45) is 0. The predicted molar refractivity (Wildman–Crippen MR) is 79.0 cm³/mol. The van der Waals surface area contributed by atoms with E-state index in [9.17, 15) is 13.2 Å². The Kier molecular flexibility index (Phi) is 3.19. The quantitative estimate of drug-likeness (QED) is 0.559. The van der Waals surface area contributed by atoms with Crippen molar-refractivity contribution < 1.29 is 17.6 Å². The van der Waals surface area contributed by atoms with Gasteiger partial charge in [0.25, 0.3) is 5.89 Å². The highest BCUT2D eigenvalue weighted by Gasteiger charge is 2.15. The number of nitrogens with zero attached hydrogens (tertiary/aromatic N) is 3. The third-order valence-corrected chi connectivity index (χ3v) is 3.27. The van der Waals surface area contributed by atoms with E-state index < -0.39 is 17.5 Å². The van der Waals surface area contributed by atoms with E-state index in [0.29, 0.717) is 23.5 Å². The SMILES string of the molecule is Fc1cc(F)c(Nc2nnc(-c3nc4ccccc4[nH]3)o2)cc1F. The number of aromatic nitrogens is 4. The van der Waals surface area contributed by atoms with Gasteiger partial charge in [-0.05, 0) is 12.1 Å². The highest BCUT2D eigenvalue weighted by Crippen LogP contribution is 2.25. The van der Waals surface area contributed by atoms with E-state index in [1.165, 1.54) is 0 Å². The zero-order valence-corrected chi connectivity index (χ0v) is 11.8. The number of hydrogen-bond acceptors (Lipinski definition) is 5. The number of benzene rings is 2. The molecule has 4 rings (SSSR count). The smallest absolute Gasteiger partial charge is 0.320 e. The number of H-pyrrole nitrogens is 1. The van der Waals surface area contributed by atoms with Gasteiger partial charge in [0.15, 0.2) is 17.5 Å². The van der Waals surface area contributed by atoms with Crippen molar-refractivity contribution in [2.45, 2.75) is 0 Å². The molecule has 2 aromatic heterocycles. The van der Waals surface area contributed by atoms with Crippen LogP contribution in [-0.4, -0.2) is 20.2 Å².